The summed E-state index contributed by atoms with van der Waals surface area (Å²) in [7, 11) is 0. The lowest BCUT2D eigenvalue weighted by Crippen LogP contribution is -2.35. The molecule has 0 bridgehead atoms. The van der Waals surface area contributed by atoms with Gasteiger partial charge in [-0.15, -0.1) is 0 Å². The van der Waals surface area contributed by atoms with Crippen molar-refractivity contribution in [3.8, 4) is 0 Å². The molecule has 1 saturated heterocycles. The number of piperidine rings is 1. The Bertz CT molecular complexity index is 528. The van der Waals surface area contributed by atoms with Crippen LogP contribution in [0, 0.1) is 5.92 Å². The van der Waals surface area contributed by atoms with Gasteiger partial charge in [0, 0.05) is 25.7 Å². The molecule has 0 saturated carbocycles. The number of amides is 1. The molecule has 1 aliphatic heterocycles. The molecular weight excluding hydrogens is 256 g/mol. The van der Waals surface area contributed by atoms with Crippen molar-refractivity contribution in [1.29, 1.82) is 0 Å². The number of rotatable bonds is 3. The maximum atomic E-state index is 11.4. The molecule has 1 aliphatic rings. The fourth-order valence-electron chi connectivity index (χ4n) is 2.67. The van der Waals surface area contributed by atoms with Gasteiger partial charge < -0.3 is 15.3 Å². The van der Waals surface area contributed by atoms with Gasteiger partial charge in [-0.1, -0.05) is 6.92 Å². The Morgan fingerprint density at radius 2 is 2.15 bits per heavy atom. The van der Waals surface area contributed by atoms with Crippen molar-refractivity contribution in [3.05, 3.63) is 23.8 Å². The summed E-state index contributed by atoms with van der Waals surface area (Å²) in [5.41, 5.74) is 1.49. The van der Waals surface area contributed by atoms with Gasteiger partial charge in [-0.3, -0.25) is 4.79 Å². The van der Waals surface area contributed by atoms with Gasteiger partial charge in [0.05, 0.1) is 11.3 Å². The molecule has 1 heterocycles. The quantitative estimate of drug-likeness (QED) is 0.890. The summed E-state index contributed by atoms with van der Waals surface area (Å²) in [6.07, 6.45) is 2.26. The second-order valence-corrected chi connectivity index (χ2v) is 5.41. The molecule has 0 spiro atoms. The van der Waals surface area contributed by atoms with E-state index in [0.29, 0.717) is 11.6 Å². The maximum Gasteiger partial charge on any atom is 0.337 e. The Labute approximate surface area is 118 Å². The highest BCUT2D eigenvalue weighted by atomic mass is 16.4. The first kappa shape index (κ1) is 14.4. The summed E-state index contributed by atoms with van der Waals surface area (Å²) < 4.78 is 0. The van der Waals surface area contributed by atoms with E-state index < -0.39 is 5.97 Å². The van der Waals surface area contributed by atoms with Gasteiger partial charge in [0.2, 0.25) is 5.91 Å². The van der Waals surface area contributed by atoms with Crippen LogP contribution < -0.4 is 10.2 Å². The molecule has 20 heavy (non-hydrogen) atoms. The Balaban J connectivity index is 2.32. The van der Waals surface area contributed by atoms with Crippen molar-refractivity contribution in [2.24, 2.45) is 5.92 Å². The molecule has 5 nitrogen and oxygen atoms in total. The van der Waals surface area contributed by atoms with Gasteiger partial charge in [0.25, 0.3) is 0 Å². The fraction of sp³-hybridized carbons (Fsp3) is 0.467. The molecule has 1 aromatic carbocycles. The van der Waals surface area contributed by atoms with E-state index in [0.717, 1.165) is 25.2 Å². The molecule has 0 unspecified atom stereocenters. The average Bonchev–Trinajstić information content (AvgIpc) is 2.37. The van der Waals surface area contributed by atoms with Crippen LogP contribution in [-0.2, 0) is 4.79 Å². The standard InChI is InChI=1S/C15H20N2O3/c1-10-4-3-7-17(9-10)14-6-5-12(16-11(2)18)8-13(14)15(19)20/h5-6,8,10H,3-4,7,9H2,1-2H3,(H,16,18)(H,19,20)/t10-/m0/s1. The molecule has 0 aromatic heterocycles. The van der Waals surface area contributed by atoms with E-state index in [4.69, 9.17) is 0 Å². The zero-order chi connectivity index (χ0) is 14.7. The van der Waals surface area contributed by atoms with Gasteiger partial charge in [-0.2, -0.15) is 0 Å². The molecule has 1 amide bonds. The first-order valence-electron chi connectivity index (χ1n) is 6.87. The van der Waals surface area contributed by atoms with E-state index in [9.17, 15) is 14.7 Å². The number of carbonyl (C=O) groups is 2. The van der Waals surface area contributed by atoms with Crippen molar-refractivity contribution in [1.82, 2.24) is 0 Å². The summed E-state index contributed by atoms with van der Waals surface area (Å²) in [6, 6.07) is 5.06. The van der Waals surface area contributed by atoms with Crippen LogP contribution in [0.4, 0.5) is 11.4 Å². The van der Waals surface area contributed by atoms with Gasteiger partial charge in [0.1, 0.15) is 0 Å². The molecule has 1 fully saturated rings. The lowest BCUT2D eigenvalue weighted by Gasteiger charge is -2.33. The largest absolute Gasteiger partial charge is 0.478 e. The molecule has 108 valence electrons. The minimum atomic E-state index is -0.967. The highest BCUT2D eigenvalue weighted by Gasteiger charge is 2.21. The van der Waals surface area contributed by atoms with E-state index in [1.165, 1.54) is 19.4 Å². The average molecular weight is 276 g/mol. The second kappa shape index (κ2) is 5.94. The summed E-state index contributed by atoms with van der Waals surface area (Å²) in [5, 5.41) is 12.0. The number of nitrogens with zero attached hydrogens (tertiary/aromatic N) is 1. The van der Waals surface area contributed by atoms with E-state index in [2.05, 4.69) is 17.1 Å². The van der Waals surface area contributed by atoms with Crippen LogP contribution in [0.3, 0.4) is 0 Å². The number of hydrogen-bond acceptors (Lipinski definition) is 3. The van der Waals surface area contributed by atoms with Crippen LogP contribution in [0.1, 0.15) is 37.0 Å². The summed E-state index contributed by atoms with van der Waals surface area (Å²) in [5.74, 6) is -0.605. The predicted octanol–water partition coefficient (Wildman–Crippen LogP) is 2.58. The SMILES string of the molecule is CC(=O)Nc1ccc(N2CCC[C@H](C)C2)c(C(=O)O)c1. The van der Waals surface area contributed by atoms with Crippen molar-refractivity contribution in [2.45, 2.75) is 26.7 Å². The molecular formula is C15H20N2O3. The molecule has 1 aromatic rings. The predicted molar refractivity (Wildman–Crippen MR) is 78.3 cm³/mol. The highest BCUT2D eigenvalue weighted by Crippen LogP contribution is 2.28. The number of anilines is 2. The highest BCUT2D eigenvalue weighted by molar-refractivity contribution is 5.97. The zero-order valence-corrected chi connectivity index (χ0v) is 11.8. The normalized spacial score (nSPS) is 18.7. The molecule has 1 atom stereocenters. The molecule has 0 aliphatic carbocycles. The monoisotopic (exact) mass is 276 g/mol. The number of hydrogen-bond donors (Lipinski definition) is 2. The molecule has 0 radical (unpaired) electrons. The number of benzene rings is 1. The first-order chi connectivity index (χ1) is 9.47. The fourth-order valence-corrected chi connectivity index (χ4v) is 2.67. The minimum Gasteiger partial charge on any atom is -0.478 e. The van der Waals surface area contributed by atoms with Gasteiger partial charge in [-0.25, -0.2) is 4.79 Å². The van der Waals surface area contributed by atoms with E-state index in [1.54, 1.807) is 12.1 Å². The van der Waals surface area contributed by atoms with E-state index >= 15 is 0 Å². The smallest absolute Gasteiger partial charge is 0.337 e. The third-order valence-corrected chi connectivity index (χ3v) is 3.55. The molecule has 2 N–H and O–H groups in total. The van der Waals surface area contributed by atoms with Gasteiger partial charge in [-0.05, 0) is 37.0 Å². The van der Waals surface area contributed by atoms with Crippen molar-refractivity contribution in [3.63, 3.8) is 0 Å². The molecule has 5 heteroatoms. The van der Waals surface area contributed by atoms with Crippen LogP contribution in [0.25, 0.3) is 0 Å². The Hall–Kier alpha value is -2.04. The van der Waals surface area contributed by atoms with Crippen LogP contribution in [0.5, 0.6) is 0 Å². The van der Waals surface area contributed by atoms with Gasteiger partial charge in [0.15, 0.2) is 0 Å². The van der Waals surface area contributed by atoms with E-state index in [-0.39, 0.29) is 11.5 Å². The first-order valence-corrected chi connectivity index (χ1v) is 6.87. The Kier molecular flexibility index (Phi) is 4.27. The number of carbonyl (C=O) groups excluding carboxylic acids is 1. The van der Waals surface area contributed by atoms with E-state index in [1.807, 2.05) is 0 Å². The number of carboxylic acids is 1. The van der Waals surface area contributed by atoms with Crippen LogP contribution in [0.2, 0.25) is 0 Å². The third-order valence-electron chi connectivity index (χ3n) is 3.55. The number of carboxylic acid groups (broad SMARTS) is 1. The Morgan fingerprint density at radius 3 is 2.75 bits per heavy atom. The summed E-state index contributed by atoms with van der Waals surface area (Å²) in [4.78, 5) is 24.6. The zero-order valence-electron chi connectivity index (χ0n) is 11.8. The Morgan fingerprint density at radius 1 is 1.40 bits per heavy atom. The van der Waals surface area contributed by atoms with Crippen molar-refractivity contribution in [2.75, 3.05) is 23.3 Å². The number of nitrogens with one attached hydrogen (secondary N) is 1. The number of aromatic carboxylic acids is 1. The van der Waals surface area contributed by atoms with Crippen LogP contribution in [0.15, 0.2) is 18.2 Å². The van der Waals surface area contributed by atoms with Crippen LogP contribution >= 0.6 is 0 Å². The summed E-state index contributed by atoms with van der Waals surface area (Å²) >= 11 is 0. The van der Waals surface area contributed by atoms with Gasteiger partial charge >= 0.3 is 5.97 Å². The lowest BCUT2D eigenvalue weighted by atomic mass is 9.98. The maximum absolute atomic E-state index is 11.4. The lowest BCUT2D eigenvalue weighted by molar-refractivity contribution is -0.114. The second-order valence-electron chi connectivity index (χ2n) is 5.41. The van der Waals surface area contributed by atoms with Crippen LogP contribution in [-0.4, -0.2) is 30.1 Å². The van der Waals surface area contributed by atoms with Crippen molar-refractivity contribution >= 4 is 23.3 Å². The minimum absolute atomic E-state index is 0.208. The third kappa shape index (κ3) is 3.29. The molecule has 2 rings (SSSR count). The summed E-state index contributed by atoms with van der Waals surface area (Å²) in [6.45, 7) is 5.34. The topological polar surface area (TPSA) is 69.6 Å². The van der Waals surface area contributed by atoms with Crippen molar-refractivity contribution < 1.29 is 14.7 Å².